The lowest BCUT2D eigenvalue weighted by molar-refractivity contribution is 0.426. The maximum absolute atomic E-state index is 13.9. The van der Waals surface area contributed by atoms with E-state index in [0.717, 1.165) is 0 Å². The molecule has 1 unspecified atom stereocenters. The number of rotatable bonds is 3. The third-order valence-electron chi connectivity index (χ3n) is 2.84. The summed E-state index contributed by atoms with van der Waals surface area (Å²) < 4.78 is 33.1. The van der Waals surface area contributed by atoms with Crippen LogP contribution in [0.25, 0.3) is 0 Å². The van der Waals surface area contributed by atoms with Gasteiger partial charge in [-0.25, -0.2) is 8.78 Å². The lowest BCUT2D eigenvalue weighted by Crippen LogP contribution is -2.09. The zero-order valence-corrected chi connectivity index (χ0v) is 10.8. The molecule has 0 fully saturated rings. The average molecular weight is 263 g/mol. The summed E-state index contributed by atoms with van der Waals surface area (Å²) in [5.74, 6) is -0.616. The Labute approximate surface area is 110 Å². The van der Waals surface area contributed by atoms with Crippen LogP contribution in [0.1, 0.15) is 24.1 Å². The standard InChI is InChI=1S/C15H15F2NO/c1-9-5-3-8-13(15(9)17)19-12-7-4-6-11(16)14(12)10(2)18/h3-8,10H,18H2,1-2H3. The summed E-state index contributed by atoms with van der Waals surface area (Å²) in [7, 11) is 0. The molecule has 2 rings (SSSR count). The molecular weight excluding hydrogens is 248 g/mol. The van der Waals surface area contributed by atoms with E-state index in [-0.39, 0.29) is 17.1 Å². The molecule has 0 aliphatic carbocycles. The molecule has 2 aromatic carbocycles. The van der Waals surface area contributed by atoms with E-state index < -0.39 is 17.7 Å². The van der Waals surface area contributed by atoms with Crippen LogP contribution >= 0.6 is 0 Å². The molecule has 0 heterocycles. The van der Waals surface area contributed by atoms with Gasteiger partial charge in [0.25, 0.3) is 0 Å². The molecule has 0 aliphatic rings. The van der Waals surface area contributed by atoms with E-state index in [9.17, 15) is 8.78 Å². The van der Waals surface area contributed by atoms with Crippen LogP contribution in [-0.2, 0) is 0 Å². The van der Waals surface area contributed by atoms with Crippen molar-refractivity contribution in [3.8, 4) is 11.5 Å². The Morgan fingerprint density at radius 3 is 2.37 bits per heavy atom. The van der Waals surface area contributed by atoms with E-state index in [4.69, 9.17) is 10.5 Å². The summed E-state index contributed by atoms with van der Waals surface area (Å²) in [6.07, 6.45) is 0. The van der Waals surface area contributed by atoms with Crippen molar-refractivity contribution >= 4 is 0 Å². The summed E-state index contributed by atoms with van der Waals surface area (Å²) in [6.45, 7) is 3.29. The van der Waals surface area contributed by atoms with Crippen LogP contribution in [0.5, 0.6) is 11.5 Å². The van der Waals surface area contributed by atoms with E-state index in [0.29, 0.717) is 5.56 Å². The number of halogens is 2. The van der Waals surface area contributed by atoms with E-state index >= 15 is 0 Å². The molecule has 19 heavy (non-hydrogen) atoms. The van der Waals surface area contributed by atoms with Gasteiger partial charge < -0.3 is 10.5 Å². The highest BCUT2D eigenvalue weighted by molar-refractivity contribution is 5.41. The van der Waals surface area contributed by atoms with Crippen molar-refractivity contribution in [1.82, 2.24) is 0 Å². The SMILES string of the molecule is Cc1cccc(Oc2cccc(F)c2C(C)N)c1F. The van der Waals surface area contributed by atoms with Gasteiger partial charge in [-0.3, -0.25) is 0 Å². The van der Waals surface area contributed by atoms with Gasteiger partial charge in [-0.1, -0.05) is 18.2 Å². The molecule has 4 heteroatoms. The van der Waals surface area contributed by atoms with E-state index in [1.54, 1.807) is 32.0 Å². The van der Waals surface area contributed by atoms with Gasteiger partial charge in [-0.15, -0.1) is 0 Å². The first-order chi connectivity index (χ1) is 9.00. The van der Waals surface area contributed by atoms with Crippen LogP contribution in [0.3, 0.4) is 0 Å². The smallest absolute Gasteiger partial charge is 0.168 e. The fourth-order valence-electron chi connectivity index (χ4n) is 1.87. The number of hydrogen-bond donors (Lipinski definition) is 1. The van der Waals surface area contributed by atoms with Crippen molar-refractivity contribution in [3.63, 3.8) is 0 Å². The molecule has 100 valence electrons. The highest BCUT2D eigenvalue weighted by Gasteiger charge is 2.16. The van der Waals surface area contributed by atoms with Crippen molar-refractivity contribution in [2.75, 3.05) is 0 Å². The highest BCUT2D eigenvalue weighted by atomic mass is 19.1. The maximum atomic E-state index is 13.9. The summed E-state index contributed by atoms with van der Waals surface area (Å²) >= 11 is 0. The Kier molecular flexibility index (Phi) is 3.81. The summed E-state index contributed by atoms with van der Waals surface area (Å²) in [5.41, 5.74) is 6.43. The quantitative estimate of drug-likeness (QED) is 0.905. The first-order valence-electron chi connectivity index (χ1n) is 5.97. The van der Waals surface area contributed by atoms with Crippen molar-refractivity contribution in [2.24, 2.45) is 5.73 Å². The predicted molar refractivity (Wildman–Crippen MR) is 70.2 cm³/mol. The second-order valence-corrected chi connectivity index (χ2v) is 4.43. The van der Waals surface area contributed by atoms with Gasteiger partial charge in [-0.05, 0) is 37.6 Å². The molecule has 0 saturated heterocycles. The minimum absolute atomic E-state index is 0.0625. The third-order valence-corrected chi connectivity index (χ3v) is 2.84. The van der Waals surface area contributed by atoms with Gasteiger partial charge in [0.15, 0.2) is 11.6 Å². The minimum atomic E-state index is -0.538. The monoisotopic (exact) mass is 263 g/mol. The molecule has 2 aromatic rings. The van der Waals surface area contributed by atoms with E-state index in [1.165, 1.54) is 18.2 Å². The first-order valence-corrected chi connectivity index (χ1v) is 5.97. The molecular formula is C15H15F2NO. The number of ether oxygens (including phenoxy) is 1. The average Bonchev–Trinajstić information content (AvgIpc) is 2.34. The van der Waals surface area contributed by atoms with Gasteiger partial charge in [-0.2, -0.15) is 0 Å². The molecule has 2 N–H and O–H groups in total. The van der Waals surface area contributed by atoms with Crippen LogP contribution < -0.4 is 10.5 Å². The second kappa shape index (κ2) is 5.36. The largest absolute Gasteiger partial charge is 0.454 e. The van der Waals surface area contributed by atoms with Crippen molar-refractivity contribution < 1.29 is 13.5 Å². The predicted octanol–water partition coefficient (Wildman–Crippen LogP) is 4.09. The fourth-order valence-corrected chi connectivity index (χ4v) is 1.87. The summed E-state index contributed by atoms with van der Waals surface area (Å²) in [5, 5.41) is 0. The number of aryl methyl sites for hydroxylation is 1. The first kappa shape index (κ1) is 13.5. The Morgan fingerprint density at radius 1 is 1.05 bits per heavy atom. The molecule has 1 atom stereocenters. The highest BCUT2D eigenvalue weighted by Crippen LogP contribution is 2.32. The zero-order valence-electron chi connectivity index (χ0n) is 10.8. The second-order valence-electron chi connectivity index (χ2n) is 4.43. The van der Waals surface area contributed by atoms with Crippen LogP contribution in [-0.4, -0.2) is 0 Å². The van der Waals surface area contributed by atoms with Gasteiger partial charge >= 0.3 is 0 Å². The minimum Gasteiger partial charge on any atom is -0.454 e. The normalized spacial score (nSPS) is 12.3. The molecule has 0 radical (unpaired) electrons. The molecule has 0 aliphatic heterocycles. The van der Waals surface area contributed by atoms with E-state index in [1.807, 2.05) is 0 Å². The van der Waals surface area contributed by atoms with Crippen LogP contribution in [0.15, 0.2) is 36.4 Å². The molecule has 0 aromatic heterocycles. The van der Waals surface area contributed by atoms with Gasteiger partial charge in [0.1, 0.15) is 11.6 Å². The molecule has 0 bridgehead atoms. The third kappa shape index (κ3) is 2.74. The van der Waals surface area contributed by atoms with Gasteiger partial charge in [0, 0.05) is 11.6 Å². The van der Waals surface area contributed by atoms with Crippen LogP contribution in [0, 0.1) is 18.6 Å². The Bertz CT molecular complexity index is 597. The summed E-state index contributed by atoms with van der Waals surface area (Å²) in [4.78, 5) is 0. The van der Waals surface area contributed by atoms with Crippen molar-refractivity contribution in [1.29, 1.82) is 0 Å². The number of nitrogens with two attached hydrogens (primary N) is 1. The number of hydrogen-bond acceptors (Lipinski definition) is 2. The Balaban J connectivity index is 2.44. The summed E-state index contributed by atoms with van der Waals surface area (Å²) in [6, 6.07) is 8.66. The van der Waals surface area contributed by atoms with Crippen LogP contribution in [0.4, 0.5) is 8.78 Å². The van der Waals surface area contributed by atoms with Gasteiger partial charge in [0.05, 0.1) is 0 Å². The molecule has 0 amide bonds. The fraction of sp³-hybridized carbons (Fsp3) is 0.200. The molecule has 0 saturated carbocycles. The van der Waals surface area contributed by atoms with Crippen molar-refractivity contribution in [2.45, 2.75) is 19.9 Å². The van der Waals surface area contributed by atoms with Crippen LogP contribution in [0.2, 0.25) is 0 Å². The lowest BCUT2D eigenvalue weighted by Gasteiger charge is -2.15. The van der Waals surface area contributed by atoms with E-state index in [2.05, 4.69) is 0 Å². The maximum Gasteiger partial charge on any atom is 0.168 e. The van der Waals surface area contributed by atoms with Gasteiger partial charge in [0.2, 0.25) is 0 Å². The Morgan fingerprint density at radius 2 is 1.68 bits per heavy atom. The molecule has 2 nitrogen and oxygen atoms in total. The topological polar surface area (TPSA) is 35.2 Å². The number of benzene rings is 2. The Hall–Kier alpha value is -1.94. The zero-order chi connectivity index (χ0) is 14.0. The molecule has 0 spiro atoms. The van der Waals surface area contributed by atoms with Crippen molar-refractivity contribution in [3.05, 3.63) is 59.2 Å². The lowest BCUT2D eigenvalue weighted by atomic mass is 10.1.